The topological polar surface area (TPSA) is 47.0 Å². The van der Waals surface area contributed by atoms with E-state index >= 15 is 4.39 Å². The lowest BCUT2D eigenvalue weighted by Crippen LogP contribution is -2.51. The van der Waals surface area contributed by atoms with Gasteiger partial charge in [0, 0.05) is 62.6 Å². The molecule has 3 aromatic carbocycles. The van der Waals surface area contributed by atoms with Crippen LogP contribution in [0.1, 0.15) is 67.4 Å². The van der Waals surface area contributed by atoms with Crippen LogP contribution in [0.4, 0.5) is 10.1 Å². The number of nitrogens with zero attached hydrogens (tertiary/aromatic N) is 3. The Morgan fingerprint density at radius 2 is 1.53 bits per heavy atom. The molecule has 4 bridgehead atoms. The van der Waals surface area contributed by atoms with Gasteiger partial charge in [0.2, 0.25) is 0 Å². The first kappa shape index (κ1) is 28.4. The van der Waals surface area contributed by atoms with Crippen LogP contribution in [0.5, 0.6) is 5.75 Å². The van der Waals surface area contributed by atoms with Crippen molar-refractivity contribution < 1.29 is 14.3 Å². The van der Waals surface area contributed by atoms with Gasteiger partial charge in [-0.1, -0.05) is 24.3 Å². The minimum atomic E-state index is -0.218. The maximum absolute atomic E-state index is 15.2. The summed E-state index contributed by atoms with van der Waals surface area (Å²) >= 11 is 0. The largest absolute Gasteiger partial charge is 0.508 e. The van der Waals surface area contributed by atoms with Crippen molar-refractivity contribution in [3.63, 3.8) is 0 Å². The molecule has 8 rings (SSSR count). The molecule has 1 heterocycles. The lowest BCUT2D eigenvalue weighted by molar-refractivity contribution is -0.0629. The highest BCUT2D eigenvalue weighted by atomic mass is 19.1. The van der Waals surface area contributed by atoms with Gasteiger partial charge in [-0.25, -0.2) is 4.39 Å². The van der Waals surface area contributed by atoms with Crippen molar-refractivity contribution in [1.82, 2.24) is 9.80 Å². The predicted molar refractivity (Wildman–Crippen MR) is 170 cm³/mol. The molecule has 5 fully saturated rings. The van der Waals surface area contributed by atoms with Crippen molar-refractivity contribution in [2.24, 2.45) is 23.2 Å². The molecular formula is C37H44FN3O2. The number of phenolic OH excluding ortho intramolecular Hbond substituents is 1. The molecule has 4 saturated carbocycles. The van der Waals surface area contributed by atoms with Gasteiger partial charge >= 0.3 is 0 Å². The number of rotatable bonds is 7. The van der Waals surface area contributed by atoms with E-state index < -0.39 is 0 Å². The number of aromatic hydroxyl groups is 1. The Hall–Kier alpha value is -3.38. The second-order valence-electron chi connectivity index (χ2n) is 14.1. The van der Waals surface area contributed by atoms with Crippen molar-refractivity contribution in [1.29, 1.82) is 0 Å². The fraction of sp³-hybridized carbons (Fsp3) is 0.486. The van der Waals surface area contributed by atoms with E-state index in [-0.39, 0.29) is 23.5 Å². The SMILES string of the molecule is CC(c1ccc(-c2cccc(O)c2)cc1F)N1CCN(c2ccc(C(=O)N(C)CC34CC5CC(CC(C5)C3)C4)cc2)CC1. The summed E-state index contributed by atoms with van der Waals surface area (Å²) in [6, 6.07) is 20.4. The number of carbonyl (C=O) groups excluding carboxylic acids is 1. The van der Waals surface area contributed by atoms with Crippen LogP contribution in [0.3, 0.4) is 0 Å². The molecule has 1 aliphatic heterocycles. The number of hydrogen-bond donors (Lipinski definition) is 1. The summed E-state index contributed by atoms with van der Waals surface area (Å²) < 4.78 is 15.2. The molecule has 0 aromatic heterocycles. The molecule has 0 radical (unpaired) electrons. The van der Waals surface area contributed by atoms with Gasteiger partial charge in [0.05, 0.1) is 0 Å². The van der Waals surface area contributed by atoms with E-state index in [2.05, 4.69) is 28.9 Å². The Bertz CT molecular complexity index is 1440. The summed E-state index contributed by atoms with van der Waals surface area (Å²) in [4.78, 5) is 20.1. The highest BCUT2D eigenvalue weighted by Crippen LogP contribution is 2.60. The number of anilines is 1. The summed E-state index contributed by atoms with van der Waals surface area (Å²) in [5.74, 6) is 2.78. The number of piperazine rings is 1. The smallest absolute Gasteiger partial charge is 0.253 e. The van der Waals surface area contributed by atoms with Gasteiger partial charge < -0.3 is 14.9 Å². The van der Waals surface area contributed by atoms with E-state index in [4.69, 9.17) is 0 Å². The fourth-order valence-electron chi connectivity index (χ4n) is 9.39. The lowest BCUT2D eigenvalue weighted by atomic mass is 9.49. The number of hydrogen-bond acceptors (Lipinski definition) is 4. The molecule has 1 saturated heterocycles. The minimum absolute atomic E-state index is 0.0371. The van der Waals surface area contributed by atoms with Gasteiger partial charge in [0.15, 0.2) is 0 Å². The van der Waals surface area contributed by atoms with Crippen molar-refractivity contribution >= 4 is 11.6 Å². The van der Waals surface area contributed by atoms with E-state index in [1.54, 1.807) is 24.3 Å². The van der Waals surface area contributed by atoms with Crippen LogP contribution in [0.25, 0.3) is 11.1 Å². The molecular weight excluding hydrogens is 537 g/mol. The Morgan fingerprint density at radius 1 is 0.907 bits per heavy atom. The summed E-state index contributed by atoms with van der Waals surface area (Å²) in [5.41, 5.74) is 4.51. The minimum Gasteiger partial charge on any atom is -0.508 e. The molecule has 0 spiro atoms. The molecule has 1 amide bonds. The van der Waals surface area contributed by atoms with Crippen molar-refractivity contribution in [3.05, 3.63) is 83.7 Å². The van der Waals surface area contributed by atoms with E-state index in [1.165, 1.54) is 38.5 Å². The van der Waals surface area contributed by atoms with Crippen LogP contribution in [-0.4, -0.2) is 60.6 Å². The van der Waals surface area contributed by atoms with Crippen LogP contribution in [0.2, 0.25) is 0 Å². The molecule has 1 atom stereocenters. The third-order valence-corrected chi connectivity index (χ3v) is 11.1. The normalized spacial score (nSPS) is 27.3. The number of amides is 1. The standard InChI is InChI=1S/C37H44FN3O2/c1-25(34-11-8-31(20-35(34)38)30-4-3-5-33(42)19-30)40-12-14-41(15-13-40)32-9-6-29(7-10-32)36(43)39(2)24-37-21-26-16-27(22-37)18-28(17-26)23-37/h3-11,19-20,25-28,42H,12-18,21-24H2,1-2H3. The Morgan fingerprint density at radius 3 is 2.14 bits per heavy atom. The molecule has 5 nitrogen and oxygen atoms in total. The molecule has 4 aliphatic carbocycles. The Balaban J connectivity index is 0.943. The lowest BCUT2D eigenvalue weighted by Gasteiger charge is -2.57. The van der Waals surface area contributed by atoms with Crippen molar-refractivity contribution in [2.45, 2.75) is 51.5 Å². The van der Waals surface area contributed by atoms with Gasteiger partial charge in [-0.3, -0.25) is 9.69 Å². The molecule has 5 aliphatic rings. The first-order valence-electron chi connectivity index (χ1n) is 16.2. The average molecular weight is 582 g/mol. The number of phenols is 1. The molecule has 6 heteroatoms. The third-order valence-electron chi connectivity index (χ3n) is 11.1. The highest BCUT2D eigenvalue weighted by molar-refractivity contribution is 5.94. The third kappa shape index (κ3) is 5.66. The highest BCUT2D eigenvalue weighted by Gasteiger charge is 2.51. The van der Waals surface area contributed by atoms with Crippen LogP contribution in [-0.2, 0) is 0 Å². The average Bonchev–Trinajstić information content (AvgIpc) is 2.99. The summed E-state index contributed by atoms with van der Waals surface area (Å²) in [5, 5.41) is 9.79. The van der Waals surface area contributed by atoms with Crippen molar-refractivity contribution in [2.75, 3.05) is 44.7 Å². The quantitative estimate of drug-likeness (QED) is 0.317. The van der Waals surface area contributed by atoms with Gasteiger partial charge in [-0.05, 0) is 122 Å². The zero-order chi connectivity index (χ0) is 29.7. The van der Waals surface area contributed by atoms with Crippen LogP contribution < -0.4 is 4.90 Å². The van der Waals surface area contributed by atoms with Crippen LogP contribution in [0.15, 0.2) is 66.7 Å². The second-order valence-corrected chi connectivity index (χ2v) is 14.1. The van der Waals surface area contributed by atoms with Crippen LogP contribution in [0, 0.1) is 29.0 Å². The molecule has 3 aromatic rings. The fourth-order valence-corrected chi connectivity index (χ4v) is 9.39. The second kappa shape index (κ2) is 11.3. The zero-order valence-corrected chi connectivity index (χ0v) is 25.5. The van der Waals surface area contributed by atoms with E-state index in [1.807, 2.05) is 42.3 Å². The maximum Gasteiger partial charge on any atom is 0.253 e. The van der Waals surface area contributed by atoms with Gasteiger partial charge in [-0.2, -0.15) is 0 Å². The summed E-state index contributed by atoms with van der Waals surface area (Å²) in [6.45, 7) is 6.35. The predicted octanol–water partition coefficient (Wildman–Crippen LogP) is 7.37. The summed E-state index contributed by atoms with van der Waals surface area (Å²) in [7, 11) is 2.00. The number of benzene rings is 3. The molecule has 43 heavy (non-hydrogen) atoms. The first-order valence-corrected chi connectivity index (χ1v) is 16.2. The van der Waals surface area contributed by atoms with Crippen molar-refractivity contribution in [3.8, 4) is 16.9 Å². The van der Waals surface area contributed by atoms with Gasteiger partial charge in [0.1, 0.15) is 11.6 Å². The summed E-state index contributed by atoms with van der Waals surface area (Å²) in [6.07, 6.45) is 8.23. The Labute approximate surface area is 255 Å². The number of halogens is 1. The number of carbonyl (C=O) groups is 1. The van der Waals surface area contributed by atoms with E-state index in [0.29, 0.717) is 11.0 Å². The molecule has 1 unspecified atom stereocenters. The van der Waals surface area contributed by atoms with Gasteiger partial charge in [0.25, 0.3) is 5.91 Å². The molecule has 1 N–H and O–H groups in total. The van der Waals surface area contributed by atoms with E-state index in [0.717, 1.165) is 72.9 Å². The zero-order valence-electron chi connectivity index (χ0n) is 25.5. The van der Waals surface area contributed by atoms with Crippen LogP contribution >= 0.6 is 0 Å². The maximum atomic E-state index is 15.2. The van der Waals surface area contributed by atoms with Gasteiger partial charge in [-0.15, -0.1) is 0 Å². The van der Waals surface area contributed by atoms with E-state index in [9.17, 15) is 9.90 Å². The first-order chi connectivity index (χ1) is 20.7. The Kier molecular flexibility index (Phi) is 7.45. The molecule has 226 valence electrons. The monoisotopic (exact) mass is 581 g/mol.